The normalized spacial score (nSPS) is 10.0. The summed E-state index contributed by atoms with van der Waals surface area (Å²) in [7, 11) is 1.61. The first-order chi connectivity index (χ1) is 9.11. The summed E-state index contributed by atoms with van der Waals surface area (Å²) < 4.78 is 5.21. The lowest BCUT2D eigenvalue weighted by atomic mass is 10.2. The Morgan fingerprint density at radius 1 is 1.11 bits per heavy atom. The molecule has 2 aromatic rings. The maximum absolute atomic E-state index is 7.79. The molecule has 0 aliphatic rings. The quantitative estimate of drug-likeness (QED) is 0.654. The molecule has 3 N–H and O–H groups in total. The van der Waals surface area contributed by atoms with E-state index >= 15 is 0 Å². The number of aryl methyl sites for hydroxylation is 1. The smallest absolute Gasteiger partial charge is 0.197 e. The van der Waals surface area contributed by atoms with E-state index in [9.17, 15) is 0 Å². The third kappa shape index (κ3) is 2.85. The fourth-order valence-electron chi connectivity index (χ4n) is 1.94. The number of hydrogen-bond donors (Lipinski definition) is 2. The lowest BCUT2D eigenvalue weighted by molar-refractivity contribution is 0.415. The monoisotopic (exact) mass is 255 g/mol. The number of rotatable bonds is 3. The number of ether oxygens (including phenoxy) is 1. The van der Waals surface area contributed by atoms with Crippen molar-refractivity contribution in [3.63, 3.8) is 0 Å². The molecule has 0 fully saturated rings. The Kier molecular flexibility index (Phi) is 3.71. The molecule has 0 spiro atoms. The Morgan fingerprint density at radius 3 is 2.32 bits per heavy atom. The zero-order chi connectivity index (χ0) is 13.8. The third-order valence-corrected chi connectivity index (χ3v) is 2.81. The van der Waals surface area contributed by atoms with Gasteiger partial charge in [-0.1, -0.05) is 18.2 Å². The molecule has 0 aliphatic carbocycles. The molecule has 19 heavy (non-hydrogen) atoms. The van der Waals surface area contributed by atoms with Crippen LogP contribution < -0.4 is 15.4 Å². The fraction of sp³-hybridized carbons (Fsp3) is 0.133. The van der Waals surface area contributed by atoms with Crippen molar-refractivity contribution in [1.82, 2.24) is 0 Å². The molecule has 0 saturated heterocycles. The first-order valence-corrected chi connectivity index (χ1v) is 5.96. The lowest BCUT2D eigenvalue weighted by Crippen LogP contribution is -2.32. The van der Waals surface area contributed by atoms with E-state index in [1.54, 1.807) is 12.0 Å². The van der Waals surface area contributed by atoms with E-state index in [4.69, 9.17) is 15.9 Å². The molecule has 0 aromatic heterocycles. The molecular formula is C15H17N3O. The van der Waals surface area contributed by atoms with E-state index in [2.05, 4.69) is 0 Å². The largest absolute Gasteiger partial charge is 0.497 e. The van der Waals surface area contributed by atoms with Crippen molar-refractivity contribution in [3.05, 3.63) is 54.1 Å². The summed E-state index contributed by atoms with van der Waals surface area (Å²) in [5, 5.41) is 7.79. The Bertz CT molecular complexity index is 595. The lowest BCUT2D eigenvalue weighted by Gasteiger charge is -2.23. The van der Waals surface area contributed by atoms with Crippen molar-refractivity contribution >= 4 is 17.3 Å². The standard InChI is InChI=1S/C15H17N3O/c1-11-5-3-6-12(9-11)18(15(16)17)13-7-4-8-14(10-13)19-2/h3-10H,1-2H3,(H3,16,17). The molecule has 0 unspecified atom stereocenters. The van der Waals surface area contributed by atoms with Crippen LogP contribution in [-0.2, 0) is 0 Å². The summed E-state index contributed by atoms with van der Waals surface area (Å²) in [4.78, 5) is 1.68. The van der Waals surface area contributed by atoms with Gasteiger partial charge in [-0.15, -0.1) is 0 Å². The number of nitrogens with two attached hydrogens (primary N) is 1. The summed E-state index contributed by atoms with van der Waals surface area (Å²) in [5.41, 5.74) is 8.49. The van der Waals surface area contributed by atoms with Gasteiger partial charge in [0.25, 0.3) is 0 Å². The molecule has 0 amide bonds. The summed E-state index contributed by atoms with van der Waals surface area (Å²) in [6.45, 7) is 2.01. The van der Waals surface area contributed by atoms with E-state index in [0.717, 1.165) is 22.7 Å². The van der Waals surface area contributed by atoms with Gasteiger partial charge >= 0.3 is 0 Å². The van der Waals surface area contributed by atoms with Gasteiger partial charge in [-0.3, -0.25) is 10.3 Å². The summed E-state index contributed by atoms with van der Waals surface area (Å²) in [5.74, 6) is 0.704. The first-order valence-electron chi connectivity index (χ1n) is 5.96. The van der Waals surface area contributed by atoms with Gasteiger partial charge in [0, 0.05) is 11.8 Å². The van der Waals surface area contributed by atoms with E-state index in [1.165, 1.54) is 0 Å². The summed E-state index contributed by atoms with van der Waals surface area (Å²) in [6, 6.07) is 15.3. The molecule has 0 radical (unpaired) electrons. The third-order valence-electron chi connectivity index (χ3n) is 2.81. The van der Waals surface area contributed by atoms with Crippen LogP contribution in [0.1, 0.15) is 5.56 Å². The van der Waals surface area contributed by atoms with Crippen LogP contribution in [0.15, 0.2) is 48.5 Å². The molecule has 2 rings (SSSR count). The van der Waals surface area contributed by atoms with E-state index < -0.39 is 0 Å². The van der Waals surface area contributed by atoms with Crippen molar-refractivity contribution in [2.75, 3.05) is 12.0 Å². The molecule has 0 atom stereocenters. The minimum Gasteiger partial charge on any atom is -0.497 e. The molecular weight excluding hydrogens is 238 g/mol. The number of nitrogens with one attached hydrogen (secondary N) is 1. The predicted molar refractivity (Wildman–Crippen MR) is 78.2 cm³/mol. The van der Waals surface area contributed by atoms with Gasteiger partial charge in [0.2, 0.25) is 0 Å². The van der Waals surface area contributed by atoms with Crippen molar-refractivity contribution in [3.8, 4) is 5.75 Å². The van der Waals surface area contributed by atoms with Gasteiger partial charge < -0.3 is 10.5 Å². The molecule has 0 saturated carbocycles. The number of anilines is 2. The highest BCUT2D eigenvalue weighted by atomic mass is 16.5. The second-order valence-electron chi connectivity index (χ2n) is 4.26. The maximum atomic E-state index is 7.79. The number of hydrogen-bond acceptors (Lipinski definition) is 2. The number of methoxy groups -OCH3 is 1. The van der Waals surface area contributed by atoms with E-state index in [-0.39, 0.29) is 5.96 Å². The van der Waals surface area contributed by atoms with Gasteiger partial charge in [-0.05, 0) is 36.8 Å². The highest BCUT2D eigenvalue weighted by Gasteiger charge is 2.13. The minimum absolute atomic E-state index is 0.0288. The van der Waals surface area contributed by atoms with E-state index in [0.29, 0.717) is 0 Å². The predicted octanol–water partition coefficient (Wildman–Crippen LogP) is 3.04. The van der Waals surface area contributed by atoms with Crippen LogP contribution >= 0.6 is 0 Å². The average Bonchev–Trinajstić information content (AvgIpc) is 2.39. The second-order valence-corrected chi connectivity index (χ2v) is 4.26. The van der Waals surface area contributed by atoms with Gasteiger partial charge in [0.15, 0.2) is 5.96 Å². The van der Waals surface area contributed by atoms with Crippen molar-refractivity contribution in [2.24, 2.45) is 5.73 Å². The number of guanidine groups is 1. The Labute approximate surface area is 112 Å². The van der Waals surface area contributed by atoms with Crippen LogP contribution in [0.25, 0.3) is 0 Å². The zero-order valence-corrected chi connectivity index (χ0v) is 11.1. The van der Waals surface area contributed by atoms with Crippen LogP contribution in [0.2, 0.25) is 0 Å². The van der Waals surface area contributed by atoms with Crippen LogP contribution in [0.4, 0.5) is 11.4 Å². The van der Waals surface area contributed by atoms with Gasteiger partial charge in [0.1, 0.15) is 5.75 Å². The fourth-order valence-corrected chi connectivity index (χ4v) is 1.94. The summed E-state index contributed by atoms with van der Waals surface area (Å²) in [6.07, 6.45) is 0. The number of benzene rings is 2. The van der Waals surface area contributed by atoms with E-state index in [1.807, 2.05) is 55.5 Å². The molecule has 0 heterocycles. The SMILES string of the molecule is COc1cccc(N(C(=N)N)c2cccc(C)c2)c1. The van der Waals surface area contributed by atoms with Crippen molar-refractivity contribution < 1.29 is 4.74 Å². The Morgan fingerprint density at radius 2 is 1.74 bits per heavy atom. The zero-order valence-electron chi connectivity index (χ0n) is 11.1. The molecule has 0 bridgehead atoms. The molecule has 4 nitrogen and oxygen atoms in total. The van der Waals surface area contributed by atoms with Gasteiger partial charge in [0.05, 0.1) is 12.8 Å². The van der Waals surface area contributed by atoms with Crippen molar-refractivity contribution in [2.45, 2.75) is 6.92 Å². The van der Waals surface area contributed by atoms with Crippen LogP contribution in [0, 0.1) is 12.3 Å². The Balaban J connectivity index is 2.48. The van der Waals surface area contributed by atoms with Crippen LogP contribution in [-0.4, -0.2) is 13.1 Å². The highest BCUT2D eigenvalue weighted by molar-refractivity contribution is 6.00. The minimum atomic E-state index is -0.0288. The topological polar surface area (TPSA) is 62.3 Å². The van der Waals surface area contributed by atoms with Crippen molar-refractivity contribution in [1.29, 1.82) is 5.41 Å². The van der Waals surface area contributed by atoms with Gasteiger partial charge in [-0.2, -0.15) is 0 Å². The highest BCUT2D eigenvalue weighted by Crippen LogP contribution is 2.28. The molecule has 4 heteroatoms. The molecule has 2 aromatic carbocycles. The average molecular weight is 255 g/mol. The maximum Gasteiger partial charge on any atom is 0.197 e. The summed E-state index contributed by atoms with van der Waals surface area (Å²) >= 11 is 0. The molecule has 0 aliphatic heterocycles. The van der Waals surface area contributed by atoms with Crippen LogP contribution in [0.5, 0.6) is 5.75 Å². The van der Waals surface area contributed by atoms with Crippen LogP contribution in [0.3, 0.4) is 0 Å². The first kappa shape index (κ1) is 13.0. The Hall–Kier alpha value is -2.49. The second kappa shape index (κ2) is 5.44. The molecule has 98 valence electrons. The number of nitrogens with zero attached hydrogens (tertiary/aromatic N) is 1. The van der Waals surface area contributed by atoms with Gasteiger partial charge in [-0.25, -0.2) is 0 Å².